The van der Waals surface area contributed by atoms with Crippen molar-refractivity contribution >= 4 is 22.5 Å². The molecule has 0 bridgehead atoms. The Morgan fingerprint density at radius 2 is 2.10 bits per heavy atom. The number of fused-ring (bicyclic) bond motifs is 1. The Kier molecular flexibility index (Phi) is 3.95. The summed E-state index contributed by atoms with van der Waals surface area (Å²) in [5, 5.41) is 4.98. The quantitative estimate of drug-likeness (QED) is 0.751. The first kappa shape index (κ1) is 14.1. The van der Waals surface area contributed by atoms with Crippen LogP contribution in [0.25, 0.3) is 22.2 Å². The second-order valence-electron chi connectivity index (χ2n) is 4.98. The van der Waals surface area contributed by atoms with Gasteiger partial charge in [-0.1, -0.05) is 18.5 Å². The van der Waals surface area contributed by atoms with Crippen molar-refractivity contribution in [1.29, 1.82) is 0 Å². The Morgan fingerprint density at radius 1 is 1.24 bits per heavy atom. The highest BCUT2D eigenvalue weighted by atomic mass is 35.5. The molecule has 0 aliphatic carbocycles. The van der Waals surface area contributed by atoms with Crippen LogP contribution < -0.4 is 5.32 Å². The molecule has 0 spiro atoms. The molecular formula is C17H17ClN2O. The number of halogens is 1. The van der Waals surface area contributed by atoms with E-state index in [0.717, 1.165) is 34.5 Å². The fourth-order valence-corrected chi connectivity index (χ4v) is 2.69. The Labute approximate surface area is 128 Å². The van der Waals surface area contributed by atoms with Crippen molar-refractivity contribution in [2.24, 2.45) is 0 Å². The molecule has 1 unspecified atom stereocenters. The van der Waals surface area contributed by atoms with E-state index in [2.05, 4.69) is 24.1 Å². The van der Waals surface area contributed by atoms with Gasteiger partial charge >= 0.3 is 0 Å². The van der Waals surface area contributed by atoms with Crippen LogP contribution in [0.1, 0.15) is 25.6 Å². The number of hydrogen-bond acceptors (Lipinski definition) is 3. The lowest BCUT2D eigenvalue weighted by molar-refractivity contribution is 0.445. The molecule has 1 N–H and O–H groups in total. The Morgan fingerprint density at radius 3 is 2.90 bits per heavy atom. The average Bonchev–Trinajstić information content (AvgIpc) is 2.98. The minimum Gasteiger partial charge on any atom is -0.459 e. The molecule has 0 saturated heterocycles. The summed E-state index contributed by atoms with van der Waals surface area (Å²) in [5.41, 5.74) is 1.83. The molecule has 1 atom stereocenters. The van der Waals surface area contributed by atoms with Gasteiger partial charge in [0.25, 0.3) is 0 Å². The van der Waals surface area contributed by atoms with Crippen molar-refractivity contribution in [3.05, 3.63) is 53.4 Å². The van der Waals surface area contributed by atoms with E-state index in [4.69, 9.17) is 16.0 Å². The lowest BCUT2D eigenvalue weighted by atomic mass is 10.1. The molecule has 0 radical (unpaired) electrons. The number of furan rings is 1. The molecule has 3 rings (SSSR count). The van der Waals surface area contributed by atoms with Gasteiger partial charge in [-0.05, 0) is 49.9 Å². The van der Waals surface area contributed by atoms with E-state index in [-0.39, 0.29) is 6.04 Å². The van der Waals surface area contributed by atoms with Crippen LogP contribution in [-0.4, -0.2) is 11.5 Å². The van der Waals surface area contributed by atoms with E-state index < -0.39 is 0 Å². The molecule has 108 valence electrons. The topological polar surface area (TPSA) is 38.1 Å². The second kappa shape index (κ2) is 5.88. The van der Waals surface area contributed by atoms with Crippen molar-refractivity contribution in [1.82, 2.24) is 10.3 Å². The third kappa shape index (κ3) is 2.67. The summed E-state index contributed by atoms with van der Waals surface area (Å²) in [4.78, 5) is 4.45. The summed E-state index contributed by atoms with van der Waals surface area (Å²) in [6, 6.07) is 11.9. The summed E-state index contributed by atoms with van der Waals surface area (Å²) in [6.07, 6.45) is 1.77. The SMILES string of the molecule is CCNC(C)c1ccc(-c2ccc(Cl)c3cccnc23)o1. The molecule has 0 fully saturated rings. The molecule has 21 heavy (non-hydrogen) atoms. The number of nitrogens with zero attached hydrogens (tertiary/aromatic N) is 1. The van der Waals surface area contributed by atoms with Crippen LogP contribution in [-0.2, 0) is 0 Å². The van der Waals surface area contributed by atoms with Gasteiger partial charge in [-0.3, -0.25) is 4.98 Å². The number of pyridine rings is 1. The van der Waals surface area contributed by atoms with Crippen LogP contribution in [0.4, 0.5) is 0 Å². The van der Waals surface area contributed by atoms with Crippen LogP contribution in [0, 0.1) is 0 Å². The third-order valence-electron chi connectivity index (χ3n) is 3.55. The maximum Gasteiger partial charge on any atom is 0.136 e. The Bertz CT molecular complexity index is 766. The molecule has 3 aromatic rings. The van der Waals surface area contributed by atoms with Gasteiger partial charge in [-0.2, -0.15) is 0 Å². The predicted molar refractivity (Wildman–Crippen MR) is 86.5 cm³/mol. The van der Waals surface area contributed by atoms with Crippen molar-refractivity contribution in [3.8, 4) is 11.3 Å². The Balaban J connectivity index is 2.07. The van der Waals surface area contributed by atoms with E-state index in [9.17, 15) is 0 Å². The highest BCUT2D eigenvalue weighted by molar-refractivity contribution is 6.35. The fraction of sp³-hybridized carbons (Fsp3) is 0.235. The zero-order chi connectivity index (χ0) is 14.8. The van der Waals surface area contributed by atoms with Crippen LogP contribution in [0.3, 0.4) is 0 Å². The first-order chi connectivity index (χ1) is 10.2. The summed E-state index contributed by atoms with van der Waals surface area (Å²) >= 11 is 6.23. The minimum absolute atomic E-state index is 0.190. The third-order valence-corrected chi connectivity index (χ3v) is 3.88. The van der Waals surface area contributed by atoms with Crippen molar-refractivity contribution in [2.75, 3.05) is 6.54 Å². The number of hydrogen-bond donors (Lipinski definition) is 1. The summed E-state index contributed by atoms with van der Waals surface area (Å²) < 4.78 is 5.99. The zero-order valence-corrected chi connectivity index (χ0v) is 12.8. The van der Waals surface area contributed by atoms with Crippen molar-refractivity contribution in [3.63, 3.8) is 0 Å². The maximum atomic E-state index is 6.23. The van der Waals surface area contributed by atoms with Crippen molar-refractivity contribution in [2.45, 2.75) is 19.9 Å². The predicted octanol–water partition coefficient (Wildman–Crippen LogP) is 4.82. The van der Waals surface area contributed by atoms with Crippen LogP contribution in [0.5, 0.6) is 0 Å². The molecule has 0 saturated carbocycles. The molecule has 2 aromatic heterocycles. The molecule has 1 aromatic carbocycles. The number of rotatable bonds is 4. The van der Waals surface area contributed by atoms with Gasteiger partial charge < -0.3 is 9.73 Å². The largest absolute Gasteiger partial charge is 0.459 e. The molecule has 0 aliphatic rings. The Hall–Kier alpha value is -1.84. The van der Waals surface area contributed by atoms with Gasteiger partial charge in [0.15, 0.2) is 0 Å². The summed E-state index contributed by atoms with van der Waals surface area (Å²) in [7, 11) is 0. The van der Waals surface area contributed by atoms with Crippen molar-refractivity contribution < 1.29 is 4.42 Å². The van der Waals surface area contributed by atoms with Gasteiger partial charge in [0.1, 0.15) is 11.5 Å². The molecule has 2 heterocycles. The van der Waals surface area contributed by atoms with Crippen LogP contribution in [0.2, 0.25) is 5.02 Å². The van der Waals surface area contributed by atoms with Crippen LogP contribution >= 0.6 is 11.6 Å². The maximum absolute atomic E-state index is 6.23. The smallest absolute Gasteiger partial charge is 0.136 e. The lowest BCUT2D eigenvalue weighted by Crippen LogP contribution is -2.16. The first-order valence-corrected chi connectivity index (χ1v) is 7.45. The molecule has 0 amide bonds. The van der Waals surface area contributed by atoms with E-state index in [1.54, 1.807) is 6.20 Å². The van der Waals surface area contributed by atoms with Gasteiger partial charge in [0.2, 0.25) is 0 Å². The van der Waals surface area contributed by atoms with E-state index in [1.165, 1.54) is 0 Å². The van der Waals surface area contributed by atoms with Gasteiger partial charge in [0, 0.05) is 17.1 Å². The molecule has 4 heteroatoms. The molecule has 0 aliphatic heterocycles. The fourth-order valence-electron chi connectivity index (χ4n) is 2.47. The molecule has 3 nitrogen and oxygen atoms in total. The number of benzene rings is 1. The minimum atomic E-state index is 0.190. The van der Waals surface area contributed by atoms with E-state index in [0.29, 0.717) is 5.02 Å². The zero-order valence-electron chi connectivity index (χ0n) is 12.1. The summed E-state index contributed by atoms with van der Waals surface area (Å²) in [6.45, 7) is 5.07. The van der Waals surface area contributed by atoms with E-state index >= 15 is 0 Å². The van der Waals surface area contributed by atoms with Crippen LogP contribution in [0.15, 0.2) is 47.0 Å². The lowest BCUT2D eigenvalue weighted by Gasteiger charge is -2.09. The first-order valence-electron chi connectivity index (χ1n) is 7.07. The monoisotopic (exact) mass is 300 g/mol. The highest BCUT2D eigenvalue weighted by Crippen LogP contribution is 2.33. The number of aromatic nitrogens is 1. The highest BCUT2D eigenvalue weighted by Gasteiger charge is 2.14. The second-order valence-corrected chi connectivity index (χ2v) is 5.38. The van der Waals surface area contributed by atoms with Gasteiger partial charge in [-0.15, -0.1) is 0 Å². The van der Waals surface area contributed by atoms with Gasteiger partial charge in [-0.25, -0.2) is 0 Å². The average molecular weight is 301 g/mol. The normalized spacial score (nSPS) is 12.7. The standard InChI is InChI=1S/C17H17ClN2O/c1-3-19-11(2)15-8-9-16(21-15)13-6-7-14(18)12-5-4-10-20-17(12)13/h4-11,19H,3H2,1-2H3. The van der Waals surface area contributed by atoms with E-state index in [1.807, 2.05) is 36.4 Å². The molecular weight excluding hydrogens is 284 g/mol. The van der Waals surface area contributed by atoms with Gasteiger partial charge in [0.05, 0.1) is 16.6 Å². The number of nitrogens with one attached hydrogen (secondary N) is 1. The summed E-state index contributed by atoms with van der Waals surface area (Å²) in [5.74, 6) is 1.74.